The highest BCUT2D eigenvalue weighted by Crippen LogP contribution is 2.24. The van der Waals surface area contributed by atoms with E-state index in [1.165, 1.54) is 5.01 Å². The first-order chi connectivity index (χ1) is 14.9. The Hall–Kier alpha value is -3.27. The molecule has 166 valence electrons. The summed E-state index contributed by atoms with van der Waals surface area (Å²) >= 11 is 0. The maximum atomic E-state index is 13.3. The van der Waals surface area contributed by atoms with E-state index < -0.39 is 36.4 Å². The van der Waals surface area contributed by atoms with E-state index in [0.29, 0.717) is 50.6 Å². The Labute approximate surface area is 179 Å². The molecule has 0 saturated carbocycles. The molecule has 31 heavy (non-hydrogen) atoms. The maximum absolute atomic E-state index is 13.3. The van der Waals surface area contributed by atoms with Gasteiger partial charge in [-0.3, -0.25) is 24.2 Å². The number of aliphatic carboxylic acids is 1. The first-order valence-electron chi connectivity index (χ1n) is 10.3. The molecule has 0 bridgehead atoms. The number of carboxylic acids is 1. The number of carbonyl (C=O) groups is 5. The van der Waals surface area contributed by atoms with Crippen molar-refractivity contribution >= 4 is 30.0 Å². The smallest absolute Gasteiger partial charge is 0.305 e. The van der Waals surface area contributed by atoms with Gasteiger partial charge in [0.05, 0.1) is 12.5 Å². The lowest BCUT2D eigenvalue weighted by Crippen LogP contribution is -2.63. The number of hydrogen-bond donors (Lipinski definition) is 3. The Balaban J connectivity index is 1.75. The second-order valence-electron chi connectivity index (χ2n) is 7.68. The fourth-order valence-corrected chi connectivity index (χ4v) is 3.98. The van der Waals surface area contributed by atoms with Gasteiger partial charge in [0.25, 0.3) is 11.8 Å². The minimum atomic E-state index is -1.21. The number of rotatable bonds is 7. The molecule has 3 unspecified atom stereocenters. The molecule has 0 spiro atoms. The van der Waals surface area contributed by atoms with Gasteiger partial charge in [-0.25, -0.2) is 5.01 Å². The second kappa shape index (κ2) is 10.2. The van der Waals surface area contributed by atoms with Crippen LogP contribution in [0, 0.1) is 0 Å². The zero-order valence-corrected chi connectivity index (χ0v) is 17.0. The SMILES string of the molecule is O=CC(CC(=O)O)NC(=O)C1CCCN2CCCC(NC(=O)c3ccccc3)C(=O)N12. The number of carboxylic acid groups (broad SMARTS) is 1. The van der Waals surface area contributed by atoms with Crippen LogP contribution >= 0.6 is 0 Å². The van der Waals surface area contributed by atoms with Gasteiger partial charge in [0.1, 0.15) is 18.4 Å². The minimum Gasteiger partial charge on any atom is -0.481 e. The monoisotopic (exact) mass is 430 g/mol. The van der Waals surface area contributed by atoms with Gasteiger partial charge in [-0.05, 0) is 37.8 Å². The van der Waals surface area contributed by atoms with Crippen LogP contribution in [0.1, 0.15) is 42.5 Å². The van der Waals surface area contributed by atoms with Crippen molar-refractivity contribution in [1.82, 2.24) is 20.7 Å². The van der Waals surface area contributed by atoms with Crippen LogP contribution in [-0.4, -0.2) is 76.3 Å². The van der Waals surface area contributed by atoms with E-state index in [1.807, 2.05) is 0 Å². The third-order valence-corrected chi connectivity index (χ3v) is 5.46. The summed E-state index contributed by atoms with van der Waals surface area (Å²) in [6.45, 7) is 1.15. The average molecular weight is 430 g/mol. The van der Waals surface area contributed by atoms with E-state index in [2.05, 4.69) is 10.6 Å². The highest BCUT2D eigenvalue weighted by molar-refractivity contribution is 5.98. The Kier molecular flexibility index (Phi) is 7.35. The van der Waals surface area contributed by atoms with E-state index >= 15 is 0 Å². The van der Waals surface area contributed by atoms with Gasteiger partial charge in [0.2, 0.25) is 5.91 Å². The number of amides is 3. The van der Waals surface area contributed by atoms with Gasteiger partial charge < -0.3 is 20.5 Å². The third-order valence-electron chi connectivity index (χ3n) is 5.46. The molecule has 2 heterocycles. The minimum absolute atomic E-state index is 0.368. The molecule has 3 amide bonds. The number of nitrogens with zero attached hydrogens (tertiary/aromatic N) is 2. The predicted octanol–water partition coefficient (Wildman–Crippen LogP) is -0.0548. The van der Waals surface area contributed by atoms with Gasteiger partial charge >= 0.3 is 5.97 Å². The molecule has 2 fully saturated rings. The van der Waals surface area contributed by atoms with Crippen molar-refractivity contribution in [3.63, 3.8) is 0 Å². The third kappa shape index (κ3) is 5.46. The summed E-state index contributed by atoms with van der Waals surface area (Å²) in [5.41, 5.74) is 0.437. The molecule has 2 aliphatic heterocycles. The Morgan fingerprint density at radius 3 is 2.45 bits per heavy atom. The maximum Gasteiger partial charge on any atom is 0.305 e. The summed E-state index contributed by atoms with van der Waals surface area (Å²) in [6, 6.07) is 5.74. The number of aldehydes is 1. The fourth-order valence-electron chi connectivity index (χ4n) is 3.98. The molecular weight excluding hydrogens is 404 g/mol. The number of hydrogen-bond acceptors (Lipinski definition) is 6. The summed E-state index contributed by atoms with van der Waals surface area (Å²) in [4.78, 5) is 60.8. The van der Waals surface area contributed by atoms with Gasteiger partial charge in [0.15, 0.2) is 0 Å². The lowest BCUT2D eigenvalue weighted by molar-refractivity contribution is -0.167. The number of benzene rings is 1. The van der Waals surface area contributed by atoms with Crippen molar-refractivity contribution in [2.75, 3.05) is 13.1 Å². The van der Waals surface area contributed by atoms with E-state index in [4.69, 9.17) is 5.11 Å². The average Bonchev–Trinajstić information content (AvgIpc) is 2.92. The summed E-state index contributed by atoms with van der Waals surface area (Å²) in [6.07, 6.45) is 2.00. The van der Waals surface area contributed by atoms with Crippen LogP contribution in [0.5, 0.6) is 0 Å². The van der Waals surface area contributed by atoms with E-state index in [1.54, 1.807) is 35.3 Å². The summed E-state index contributed by atoms with van der Waals surface area (Å²) in [5.74, 6) is -2.54. The second-order valence-corrected chi connectivity index (χ2v) is 7.68. The van der Waals surface area contributed by atoms with E-state index in [9.17, 15) is 24.0 Å². The molecule has 0 aliphatic carbocycles. The number of hydrazine groups is 1. The van der Waals surface area contributed by atoms with E-state index in [-0.39, 0.29) is 11.8 Å². The molecule has 2 saturated heterocycles. The van der Waals surface area contributed by atoms with Crippen LogP contribution in [0.25, 0.3) is 0 Å². The van der Waals surface area contributed by atoms with Crippen molar-refractivity contribution in [3.05, 3.63) is 35.9 Å². The van der Waals surface area contributed by atoms with Gasteiger partial charge in [-0.15, -0.1) is 0 Å². The van der Waals surface area contributed by atoms with Crippen molar-refractivity contribution < 1.29 is 29.1 Å². The first kappa shape index (κ1) is 22.4. The molecule has 0 aromatic heterocycles. The Bertz CT molecular complexity index is 846. The van der Waals surface area contributed by atoms with E-state index in [0.717, 1.165) is 0 Å². The molecule has 0 radical (unpaired) electrons. The molecule has 1 aromatic carbocycles. The van der Waals surface area contributed by atoms with Gasteiger partial charge in [0, 0.05) is 18.7 Å². The molecule has 3 rings (SSSR count). The predicted molar refractivity (Wildman–Crippen MR) is 109 cm³/mol. The summed E-state index contributed by atoms with van der Waals surface area (Å²) in [7, 11) is 0. The van der Waals surface area contributed by atoms with Gasteiger partial charge in [-0.1, -0.05) is 18.2 Å². The van der Waals surface area contributed by atoms with Crippen LogP contribution in [0.3, 0.4) is 0 Å². The quantitative estimate of drug-likeness (QED) is 0.516. The number of nitrogens with one attached hydrogen (secondary N) is 2. The highest BCUT2D eigenvalue weighted by Gasteiger charge is 2.42. The first-order valence-corrected chi connectivity index (χ1v) is 10.3. The van der Waals surface area contributed by atoms with Crippen molar-refractivity contribution in [2.45, 2.75) is 50.2 Å². The van der Waals surface area contributed by atoms with Gasteiger partial charge in [-0.2, -0.15) is 0 Å². The molecule has 1 aromatic rings. The molecule has 10 nitrogen and oxygen atoms in total. The molecule has 3 atom stereocenters. The van der Waals surface area contributed by atoms with Crippen LogP contribution < -0.4 is 10.6 Å². The van der Waals surface area contributed by atoms with Crippen molar-refractivity contribution in [3.8, 4) is 0 Å². The van der Waals surface area contributed by atoms with Crippen LogP contribution in [-0.2, 0) is 19.2 Å². The summed E-state index contributed by atoms with van der Waals surface area (Å²) < 4.78 is 0. The van der Waals surface area contributed by atoms with Crippen LogP contribution in [0.2, 0.25) is 0 Å². The molecule has 3 N–H and O–H groups in total. The van der Waals surface area contributed by atoms with Crippen molar-refractivity contribution in [1.29, 1.82) is 0 Å². The normalized spacial score (nSPS) is 22.6. The summed E-state index contributed by atoms with van der Waals surface area (Å²) in [5, 5.41) is 17.3. The highest BCUT2D eigenvalue weighted by atomic mass is 16.4. The topological polar surface area (TPSA) is 136 Å². The zero-order valence-electron chi connectivity index (χ0n) is 17.0. The lowest BCUT2D eigenvalue weighted by Gasteiger charge is -2.43. The number of fused-ring (bicyclic) bond motifs is 1. The number of carbonyl (C=O) groups excluding carboxylic acids is 4. The Morgan fingerprint density at radius 1 is 1.13 bits per heavy atom. The van der Waals surface area contributed by atoms with Crippen molar-refractivity contribution in [2.24, 2.45) is 0 Å². The fraction of sp³-hybridized carbons (Fsp3) is 0.476. The molecular formula is C21H26N4O6. The standard InChI is InChI=1S/C21H26N4O6/c26-13-15(12-18(27)28)22-20(30)17-9-5-11-24-10-4-8-16(21(31)25(17)24)23-19(29)14-6-2-1-3-7-14/h1-3,6-7,13,15-17H,4-5,8-12H2,(H,22,30)(H,23,29)(H,27,28). The zero-order chi connectivity index (χ0) is 22.4. The largest absolute Gasteiger partial charge is 0.481 e. The molecule has 10 heteroatoms. The van der Waals surface area contributed by atoms with Crippen LogP contribution in [0.15, 0.2) is 30.3 Å². The Morgan fingerprint density at radius 2 is 1.81 bits per heavy atom. The lowest BCUT2D eigenvalue weighted by atomic mass is 10.0. The van der Waals surface area contributed by atoms with Crippen LogP contribution in [0.4, 0.5) is 0 Å². The molecule has 2 aliphatic rings.